The van der Waals surface area contributed by atoms with E-state index in [1.165, 1.54) is 5.82 Å². The zero-order valence-electron chi connectivity index (χ0n) is 11.2. The Bertz CT molecular complexity index is 371. The highest BCUT2D eigenvalue weighted by molar-refractivity contribution is 5.00. The first-order chi connectivity index (χ1) is 8.05. The second kappa shape index (κ2) is 4.78. The molecule has 2 heterocycles. The van der Waals surface area contributed by atoms with Gasteiger partial charge in [0.15, 0.2) is 0 Å². The maximum Gasteiger partial charge on any atom is 0.122 e. The van der Waals surface area contributed by atoms with E-state index in [4.69, 9.17) is 5.73 Å². The molecule has 4 heteroatoms. The minimum Gasteiger partial charge on any atom is -0.333 e. The summed E-state index contributed by atoms with van der Waals surface area (Å²) in [5.41, 5.74) is 6.12. The van der Waals surface area contributed by atoms with Crippen molar-refractivity contribution in [3.8, 4) is 0 Å². The van der Waals surface area contributed by atoms with Crippen LogP contribution in [0.2, 0.25) is 0 Å². The van der Waals surface area contributed by atoms with Gasteiger partial charge in [-0.15, -0.1) is 0 Å². The maximum absolute atomic E-state index is 6.01. The van der Waals surface area contributed by atoms with Crippen molar-refractivity contribution in [2.45, 2.75) is 45.8 Å². The van der Waals surface area contributed by atoms with Crippen LogP contribution in [0, 0.1) is 5.92 Å². The van der Waals surface area contributed by atoms with E-state index in [-0.39, 0.29) is 5.54 Å². The lowest BCUT2D eigenvalue weighted by molar-refractivity contribution is 0.0599. The van der Waals surface area contributed by atoms with Crippen LogP contribution >= 0.6 is 0 Å². The smallest absolute Gasteiger partial charge is 0.122 e. The van der Waals surface area contributed by atoms with E-state index in [1.54, 1.807) is 0 Å². The lowest BCUT2D eigenvalue weighted by atomic mass is 9.88. The first kappa shape index (κ1) is 12.6. The zero-order chi connectivity index (χ0) is 12.5. The van der Waals surface area contributed by atoms with Gasteiger partial charge in [-0.25, -0.2) is 4.98 Å². The molecule has 1 aliphatic heterocycles. The molecule has 0 radical (unpaired) electrons. The molecule has 0 fully saturated rings. The van der Waals surface area contributed by atoms with Gasteiger partial charge in [0.2, 0.25) is 0 Å². The van der Waals surface area contributed by atoms with Crippen LogP contribution in [0.15, 0.2) is 12.4 Å². The number of nitrogens with two attached hydrogens (primary N) is 1. The van der Waals surface area contributed by atoms with Crippen molar-refractivity contribution >= 4 is 0 Å². The third-order valence-electron chi connectivity index (χ3n) is 3.80. The molecule has 17 heavy (non-hydrogen) atoms. The highest BCUT2D eigenvalue weighted by Gasteiger charge is 2.33. The molecule has 2 rings (SSSR count). The molecule has 1 aromatic rings. The Morgan fingerprint density at radius 2 is 2.24 bits per heavy atom. The number of aromatic nitrogens is 2. The van der Waals surface area contributed by atoms with Gasteiger partial charge in [-0.1, -0.05) is 13.8 Å². The Hall–Kier alpha value is -0.870. The average molecular weight is 236 g/mol. The summed E-state index contributed by atoms with van der Waals surface area (Å²) < 4.78 is 2.24. The lowest BCUT2D eigenvalue weighted by Crippen LogP contribution is -2.54. The summed E-state index contributed by atoms with van der Waals surface area (Å²) in [6, 6.07) is 0. The predicted octanol–water partition coefficient (Wildman–Crippen LogP) is 1.46. The van der Waals surface area contributed by atoms with Gasteiger partial charge in [0.25, 0.3) is 0 Å². The van der Waals surface area contributed by atoms with Crippen molar-refractivity contribution in [2.24, 2.45) is 11.7 Å². The monoisotopic (exact) mass is 236 g/mol. The Balaban J connectivity index is 2.12. The quantitative estimate of drug-likeness (QED) is 0.861. The van der Waals surface area contributed by atoms with Crippen LogP contribution in [0.4, 0.5) is 0 Å². The highest BCUT2D eigenvalue weighted by atomic mass is 15.3. The highest BCUT2D eigenvalue weighted by Crippen LogP contribution is 2.26. The summed E-state index contributed by atoms with van der Waals surface area (Å²) in [7, 11) is 0. The largest absolute Gasteiger partial charge is 0.333 e. The first-order valence-electron chi connectivity index (χ1n) is 6.50. The normalized spacial score (nSPS) is 20.3. The van der Waals surface area contributed by atoms with Gasteiger partial charge >= 0.3 is 0 Å². The summed E-state index contributed by atoms with van der Waals surface area (Å²) in [6.07, 6.45) is 5.10. The number of hydrogen-bond acceptors (Lipinski definition) is 3. The molecule has 0 aromatic carbocycles. The van der Waals surface area contributed by atoms with Crippen molar-refractivity contribution in [2.75, 3.05) is 13.1 Å². The number of imidazole rings is 1. The molecule has 0 amide bonds. The summed E-state index contributed by atoms with van der Waals surface area (Å²) in [6.45, 7) is 10.6. The molecule has 1 aliphatic rings. The maximum atomic E-state index is 6.01. The third-order valence-corrected chi connectivity index (χ3v) is 3.80. The van der Waals surface area contributed by atoms with Crippen molar-refractivity contribution in [3.05, 3.63) is 18.2 Å². The van der Waals surface area contributed by atoms with Crippen molar-refractivity contribution in [3.63, 3.8) is 0 Å². The molecular weight excluding hydrogens is 212 g/mol. The SMILES string of the molecule is CC(C)CC(C)(CN)N1CCn2ccnc2C1. The van der Waals surface area contributed by atoms with Crippen LogP contribution < -0.4 is 5.73 Å². The molecule has 2 N–H and O–H groups in total. The molecule has 0 aliphatic carbocycles. The Kier molecular flexibility index (Phi) is 3.54. The molecule has 96 valence electrons. The fourth-order valence-corrected chi connectivity index (χ4v) is 2.86. The van der Waals surface area contributed by atoms with Gasteiger partial charge in [0.1, 0.15) is 5.82 Å². The summed E-state index contributed by atoms with van der Waals surface area (Å²) >= 11 is 0. The molecule has 4 nitrogen and oxygen atoms in total. The number of nitrogens with zero attached hydrogens (tertiary/aromatic N) is 3. The van der Waals surface area contributed by atoms with Crippen LogP contribution in [0.25, 0.3) is 0 Å². The van der Waals surface area contributed by atoms with Crippen molar-refractivity contribution in [1.29, 1.82) is 0 Å². The van der Waals surface area contributed by atoms with E-state index in [0.717, 1.165) is 26.1 Å². The van der Waals surface area contributed by atoms with Crippen LogP contribution in [0.3, 0.4) is 0 Å². The summed E-state index contributed by atoms with van der Waals surface area (Å²) in [5, 5.41) is 0. The molecule has 0 saturated carbocycles. The van der Waals surface area contributed by atoms with Crippen LogP contribution in [-0.4, -0.2) is 33.1 Å². The molecular formula is C13H24N4. The second-order valence-electron chi connectivity index (χ2n) is 5.76. The van der Waals surface area contributed by atoms with Gasteiger partial charge < -0.3 is 10.3 Å². The molecule has 0 saturated heterocycles. The van der Waals surface area contributed by atoms with E-state index in [0.29, 0.717) is 12.5 Å². The van der Waals surface area contributed by atoms with Crippen LogP contribution in [0.1, 0.15) is 33.0 Å². The van der Waals surface area contributed by atoms with Gasteiger partial charge in [-0.2, -0.15) is 0 Å². The predicted molar refractivity (Wildman–Crippen MR) is 69.6 cm³/mol. The fraction of sp³-hybridized carbons (Fsp3) is 0.769. The molecule has 0 bridgehead atoms. The van der Waals surface area contributed by atoms with Gasteiger partial charge in [-0.3, -0.25) is 4.90 Å². The lowest BCUT2D eigenvalue weighted by Gasteiger charge is -2.43. The third kappa shape index (κ3) is 2.53. The van der Waals surface area contributed by atoms with Crippen LogP contribution in [0.5, 0.6) is 0 Å². The van der Waals surface area contributed by atoms with Gasteiger partial charge in [0.05, 0.1) is 6.54 Å². The Morgan fingerprint density at radius 1 is 1.47 bits per heavy atom. The Labute approximate surface area is 104 Å². The topological polar surface area (TPSA) is 47.1 Å². The van der Waals surface area contributed by atoms with Crippen molar-refractivity contribution < 1.29 is 0 Å². The number of rotatable bonds is 4. The number of fused-ring (bicyclic) bond motifs is 1. The van der Waals surface area contributed by atoms with E-state index >= 15 is 0 Å². The standard InChI is InChI=1S/C13H24N4/c1-11(2)8-13(3,10-14)17-7-6-16-5-4-15-12(16)9-17/h4-5,11H,6-10,14H2,1-3H3. The van der Waals surface area contributed by atoms with E-state index < -0.39 is 0 Å². The number of hydrogen-bond donors (Lipinski definition) is 1. The fourth-order valence-electron chi connectivity index (χ4n) is 2.86. The van der Waals surface area contributed by atoms with E-state index in [1.807, 2.05) is 6.20 Å². The van der Waals surface area contributed by atoms with Crippen molar-refractivity contribution in [1.82, 2.24) is 14.5 Å². The molecule has 1 atom stereocenters. The molecule has 1 unspecified atom stereocenters. The molecule has 1 aromatic heterocycles. The van der Waals surface area contributed by atoms with E-state index in [2.05, 4.69) is 41.4 Å². The second-order valence-corrected chi connectivity index (χ2v) is 5.76. The zero-order valence-corrected chi connectivity index (χ0v) is 11.2. The Morgan fingerprint density at radius 3 is 2.88 bits per heavy atom. The summed E-state index contributed by atoms with van der Waals surface area (Å²) in [5.74, 6) is 1.84. The minimum atomic E-state index is 0.103. The van der Waals surface area contributed by atoms with Gasteiger partial charge in [0, 0.05) is 37.6 Å². The van der Waals surface area contributed by atoms with Crippen LogP contribution in [-0.2, 0) is 13.1 Å². The van der Waals surface area contributed by atoms with Gasteiger partial charge in [-0.05, 0) is 19.3 Å². The van der Waals surface area contributed by atoms with E-state index in [9.17, 15) is 0 Å². The minimum absolute atomic E-state index is 0.103. The molecule has 0 spiro atoms. The summed E-state index contributed by atoms with van der Waals surface area (Å²) in [4.78, 5) is 6.91. The first-order valence-corrected chi connectivity index (χ1v) is 6.50. The average Bonchev–Trinajstić information content (AvgIpc) is 2.74.